The molecule has 88 valence electrons. The van der Waals surface area contributed by atoms with Gasteiger partial charge >= 0.3 is 0 Å². The van der Waals surface area contributed by atoms with Gasteiger partial charge in [-0.3, -0.25) is 0 Å². The molecule has 0 amide bonds. The number of benzene rings is 1. The summed E-state index contributed by atoms with van der Waals surface area (Å²) in [4.78, 5) is 0. The smallest absolute Gasteiger partial charge is 0.120 e. The van der Waals surface area contributed by atoms with Crippen LogP contribution < -0.4 is 10.1 Å². The molecule has 0 radical (unpaired) electrons. The van der Waals surface area contributed by atoms with Crippen LogP contribution in [0.15, 0.2) is 18.2 Å². The summed E-state index contributed by atoms with van der Waals surface area (Å²) < 4.78 is 5.70. The Morgan fingerprint density at radius 1 is 1.31 bits per heavy atom. The van der Waals surface area contributed by atoms with Gasteiger partial charge in [-0.2, -0.15) is 0 Å². The van der Waals surface area contributed by atoms with Crippen LogP contribution in [0.5, 0.6) is 5.75 Å². The van der Waals surface area contributed by atoms with Crippen LogP contribution >= 0.6 is 0 Å². The molecule has 0 saturated heterocycles. The summed E-state index contributed by atoms with van der Waals surface area (Å²) in [6.07, 6.45) is 2.54. The maximum absolute atomic E-state index is 5.70. The maximum Gasteiger partial charge on any atom is 0.120 e. The molecule has 2 heteroatoms. The van der Waals surface area contributed by atoms with Gasteiger partial charge in [-0.25, -0.2) is 0 Å². The monoisotopic (exact) mass is 219 g/mol. The minimum absolute atomic E-state index is 0.216. The Balaban J connectivity index is 2.21. The predicted octanol–water partition coefficient (Wildman–Crippen LogP) is 3.61. The first-order chi connectivity index (χ1) is 7.46. The molecule has 1 N–H and O–H groups in total. The van der Waals surface area contributed by atoms with E-state index in [1.807, 2.05) is 6.07 Å². The van der Waals surface area contributed by atoms with Crippen molar-refractivity contribution < 1.29 is 4.74 Å². The molecule has 0 saturated carbocycles. The second-order valence-electron chi connectivity index (χ2n) is 5.49. The molecule has 0 bridgehead atoms. The molecule has 0 unspecified atom stereocenters. The third kappa shape index (κ3) is 2.49. The van der Waals surface area contributed by atoms with E-state index in [-0.39, 0.29) is 11.6 Å². The number of ether oxygens (including phenoxy) is 1. The molecule has 1 aromatic carbocycles. The van der Waals surface area contributed by atoms with E-state index in [0.29, 0.717) is 0 Å². The van der Waals surface area contributed by atoms with Crippen LogP contribution in [0.4, 0.5) is 5.69 Å². The lowest BCUT2D eigenvalue weighted by atomic mass is 9.89. The summed E-state index contributed by atoms with van der Waals surface area (Å²) in [6.45, 7) is 8.60. The van der Waals surface area contributed by atoms with Crippen molar-refractivity contribution in [2.75, 3.05) is 5.32 Å². The Kier molecular flexibility index (Phi) is 2.83. The molecule has 2 nitrogen and oxygen atoms in total. The van der Waals surface area contributed by atoms with Crippen LogP contribution in [0, 0.1) is 0 Å². The number of anilines is 1. The van der Waals surface area contributed by atoms with Crippen molar-refractivity contribution >= 4 is 5.69 Å². The number of hydrogen-bond acceptors (Lipinski definition) is 2. The number of nitrogens with one attached hydrogen (secondary N) is 1. The highest BCUT2D eigenvalue weighted by Crippen LogP contribution is 2.32. The molecule has 16 heavy (non-hydrogen) atoms. The molecule has 1 aromatic rings. The Hall–Kier alpha value is -1.18. The third-order valence-electron chi connectivity index (χ3n) is 2.94. The predicted molar refractivity (Wildman–Crippen MR) is 68.2 cm³/mol. The van der Waals surface area contributed by atoms with E-state index < -0.39 is 0 Å². The Bertz CT molecular complexity index is 382. The molecule has 0 fully saturated rings. The molecule has 0 atom stereocenters. The first kappa shape index (κ1) is 11.3. The van der Waals surface area contributed by atoms with Gasteiger partial charge in [0.05, 0.1) is 6.10 Å². The fraction of sp³-hybridized carbons (Fsp3) is 0.571. The SMILES string of the molecule is CC(C)Oc1ccc2c(c1)CCC(C)(C)N2. The Morgan fingerprint density at radius 2 is 2.06 bits per heavy atom. The number of rotatable bonds is 2. The quantitative estimate of drug-likeness (QED) is 0.820. The summed E-state index contributed by atoms with van der Waals surface area (Å²) in [6, 6.07) is 6.35. The van der Waals surface area contributed by atoms with Gasteiger partial charge in [-0.05, 0) is 64.3 Å². The van der Waals surface area contributed by atoms with Gasteiger partial charge < -0.3 is 10.1 Å². The van der Waals surface area contributed by atoms with Crippen molar-refractivity contribution in [3.05, 3.63) is 23.8 Å². The Labute approximate surface area is 98.0 Å². The number of aryl methyl sites for hydroxylation is 1. The highest BCUT2D eigenvalue weighted by molar-refractivity contribution is 5.57. The number of hydrogen-bond donors (Lipinski definition) is 1. The zero-order valence-corrected chi connectivity index (χ0v) is 10.6. The van der Waals surface area contributed by atoms with E-state index in [0.717, 1.165) is 12.2 Å². The summed E-state index contributed by atoms with van der Waals surface area (Å²) >= 11 is 0. The summed E-state index contributed by atoms with van der Waals surface area (Å²) in [5, 5.41) is 3.56. The standard InChI is InChI=1S/C14H21NO/c1-10(2)16-12-5-6-13-11(9-12)7-8-14(3,4)15-13/h5-6,9-10,15H,7-8H2,1-4H3. The van der Waals surface area contributed by atoms with E-state index in [9.17, 15) is 0 Å². The van der Waals surface area contributed by atoms with Crippen LogP contribution in [0.1, 0.15) is 39.7 Å². The fourth-order valence-electron chi connectivity index (χ4n) is 2.12. The first-order valence-corrected chi connectivity index (χ1v) is 6.04. The van der Waals surface area contributed by atoms with Gasteiger partial charge in [0, 0.05) is 11.2 Å². The molecule has 0 aliphatic carbocycles. The zero-order chi connectivity index (χ0) is 11.8. The van der Waals surface area contributed by atoms with E-state index in [2.05, 4.69) is 45.1 Å². The van der Waals surface area contributed by atoms with E-state index in [4.69, 9.17) is 4.74 Å². The van der Waals surface area contributed by atoms with Crippen LogP contribution in [-0.2, 0) is 6.42 Å². The summed E-state index contributed by atoms with van der Waals surface area (Å²) in [7, 11) is 0. The van der Waals surface area contributed by atoms with E-state index in [1.54, 1.807) is 0 Å². The van der Waals surface area contributed by atoms with Crippen LogP contribution in [0.2, 0.25) is 0 Å². The van der Waals surface area contributed by atoms with Crippen molar-refractivity contribution in [2.45, 2.75) is 52.2 Å². The van der Waals surface area contributed by atoms with Gasteiger partial charge in [0.2, 0.25) is 0 Å². The van der Waals surface area contributed by atoms with E-state index >= 15 is 0 Å². The summed E-state index contributed by atoms with van der Waals surface area (Å²) in [5.74, 6) is 0.982. The first-order valence-electron chi connectivity index (χ1n) is 6.04. The Morgan fingerprint density at radius 3 is 2.75 bits per heavy atom. The molecule has 2 rings (SSSR count). The minimum atomic E-state index is 0.216. The van der Waals surface area contributed by atoms with Gasteiger partial charge in [-0.1, -0.05) is 0 Å². The van der Waals surface area contributed by atoms with Gasteiger partial charge in [0.1, 0.15) is 5.75 Å². The van der Waals surface area contributed by atoms with Gasteiger partial charge in [0.15, 0.2) is 0 Å². The van der Waals surface area contributed by atoms with E-state index in [1.165, 1.54) is 17.7 Å². The normalized spacial score (nSPS) is 17.8. The summed E-state index contributed by atoms with van der Waals surface area (Å²) in [5.41, 5.74) is 2.85. The van der Waals surface area contributed by atoms with Crippen LogP contribution in [-0.4, -0.2) is 11.6 Å². The average Bonchev–Trinajstić information content (AvgIpc) is 2.16. The molecular formula is C14H21NO. The lowest BCUT2D eigenvalue weighted by molar-refractivity contribution is 0.242. The van der Waals surface area contributed by atoms with Crippen molar-refractivity contribution in [3.63, 3.8) is 0 Å². The largest absolute Gasteiger partial charge is 0.491 e. The lowest BCUT2D eigenvalue weighted by Crippen LogP contribution is -2.35. The second-order valence-corrected chi connectivity index (χ2v) is 5.49. The number of fused-ring (bicyclic) bond motifs is 1. The average molecular weight is 219 g/mol. The fourth-order valence-corrected chi connectivity index (χ4v) is 2.12. The second kappa shape index (κ2) is 4.00. The third-order valence-corrected chi connectivity index (χ3v) is 2.94. The van der Waals surface area contributed by atoms with Crippen molar-refractivity contribution in [2.24, 2.45) is 0 Å². The molecular weight excluding hydrogens is 198 g/mol. The maximum atomic E-state index is 5.70. The molecule has 0 spiro atoms. The van der Waals surface area contributed by atoms with Gasteiger partial charge in [-0.15, -0.1) is 0 Å². The lowest BCUT2D eigenvalue weighted by Gasteiger charge is -2.34. The highest BCUT2D eigenvalue weighted by Gasteiger charge is 2.24. The molecule has 1 aliphatic rings. The van der Waals surface area contributed by atoms with Crippen LogP contribution in [0.25, 0.3) is 0 Å². The molecule has 0 aromatic heterocycles. The van der Waals surface area contributed by atoms with Crippen molar-refractivity contribution in [1.82, 2.24) is 0 Å². The highest BCUT2D eigenvalue weighted by atomic mass is 16.5. The molecule has 1 heterocycles. The molecule has 1 aliphatic heterocycles. The van der Waals surface area contributed by atoms with Gasteiger partial charge in [0.25, 0.3) is 0 Å². The topological polar surface area (TPSA) is 21.3 Å². The van der Waals surface area contributed by atoms with Crippen LogP contribution in [0.3, 0.4) is 0 Å². The minimum Gasteiger partial charge on any atom is -0.491 e. The van der Waals surface area contributed by atoms with Crippen molar-refractivity contribution in [3.8, 4) is 5.75 Å². The van der Waals surface area contributed by atoms with Crippen molar-refractivity contribution in [1.29, 1.82) is 0 Å². The zero-order valence-electron chi connectivity index (χ0n) is 10.6.